The van der Waals surface area contributed by atoms with Crippen molar-refractivity contribution in [2.75, 3.05) is 11.9 Å². The van der Waals surface area contributed by atoms with E-state index in [-0.39, 0.29) is 0 Å². The van der Waals surface area contributed by atoms with Crippen molar-refractivity contribution in [1.29, 1.82) is 0 Å². The first-order valence-corrected chi connectivity index (χ1v) is 12.0. The topological polar surface area (TPSA) is 50.7 Å². The summed E-state index contributed by atoms with van der Waals surface area (Å²) in [6, 6.07) is 12.7. The van der Waals surface area contributed by atoms with Crippen molar-refractivity contribution in [2.45, 2.75) is 46.0 Å². The van der Waals surface area contributed by atoms with Crippen LogP contribution in [0.4, 0.5) is 5.82 Å². The summed E-state index contributed by atoms with van der Waals surface area (Å²) in [6.45, 7) is 5.40. The Balaban J connectivity index is 1.47. The second kappa shape index (κ2) is 8.75. The van der Waals surface area contributed by atoms with Gasteiger partial charge in [0, 0.05) is 29.4 Å². The maximum absolute atomic E-state index is 5.00. The normalized spacial score (nSPS) is 14.4. The highest BCUT2D eigenvalue weighted by atomic mass is 32.1. The molecule has 1 aliphatic rings. The average Bonchev–Trinajstić information content (AvgIpc) is 3.18. The molecule has 0 amide bonds. The van der Waals surface area contributed by atoms with Gasteiger partial charge in [-0.25, -0.2) is 9.97 Å². The van der Waals surface area contributed by atoms with Crippen molar-refractivity contribution >= 4 is 27.4 Å². The molecule has 1 aliphatic carbocycles. The van der Waals surface area contributed by atoms with Gasteiger partial charge < -0.3 is 5.32 Å². The summed E-state index contributed by atoms with van der Waals surface area (Å²) in [6.07, 6.45) is 9.52. The number of fused-ring (bicyclic) bond motifs is 3. The first-order chi connectivity index (χ1) is 15.2. The van der Waals surface area contributed by atoms with Crippen molar-refractivity contribution in [3.63, 3.8) is 0 Å². The van der Waals surface area contributed by atoms with Crippen molar-refractivity contribution in [3.05, 3.63) is 70.4 Å². The smallest absolute Gasteiger partial charge is 0.163 e. The minimum atomic E-state index is 0.505. The molecule has 1 atom stereocenters. The van der Waals surface area contributed by atoms with Crippen LogP contribution < -0.4 is 5.32 Å². The van der Waals surface area contributed by atoms with Crippen LogP contribution in [0.3, 0.4) is 0 Å². The van der Waals surface area contributed by atoms with Crippen molar-refractivity contribution < 1.29 is 0 Å². The summed E-state index contributed by atoms with van der Waals surface area (Å²) in [5.41, 5.74) is 5.28. The van der Waals surface area contributed by atoms with E-state index in [1.54, 1.807) is 12.4 Å². The van der Waals surface area contributed by atoms with Gasteiger partial charge >= 0.3 is 0 Å². The fourth-order valence-electron chi connectivity index (χ4n) is 4.47. The molecule has 158 valence electrons. The molecule has 31 heavy (non-hydrogen) atoms. The Morgan fingerprint density at radius 3 is 2.68 bits per heavy atom. The molecule has 1 aromatic carbocycles. The molecule has 0 radical (unpaired) electrons. The highest BCUT2D eigenvalue weighted by Crippen LogP contribution is 2.39. The summed E-state index contributed by atoms with van der Waals surface area (Å²) >= 11 is 1.85. The lowest BCUT2D eigenvalue weighted by Gasteiger charge is -2.17. The van der Waals surface area contributed by atoms with Gasteiger partial charge in [0.2, 0.25) is 0 Å². The van der Waals surface area contributed by atoms with Gasteiger partial charge in [0.25, 0.3) is 0 Å². The second-order valence-corrected chi connectivity index (χ2v) is 9.72. The molecule has 5 heteroatoms. The number of hydrogen-bond donors (Lipinski definition) is 1. The van der Waals surface area contributed by atoms with Crippen LogP contribution in [0.2, 0.25) is 0 Å². The van der Waals surface area contributed by atoms with Crippen LogP contribution in [0.15, 0.2) is 48.8 Å². The quantitative estimate of drug-likeness (QED) is 0.395. The third-order valence-corrected chi connectivity index (χ3v) is 7.39. The first-order valence-electron chi connectivity index (χ1n) is 11.2. The number of hydrogen-bond acceptors (Lipinski definition) is 5. The third kappa shape index (κ3) is 4.19. The maximum atomic E-state index is 5.00. The Kier molecular flexibility index (Phi) is 5.68. The van der Waals surface area contributed by atoms with Gasteiger partial charge in [0.1, 0.15) is 10.6 Å². The molecule has 1 unspecified atom stereocenters. The highest BCUT2D eigenvalue weighted by Gasteiger charge is 2.22. The molecule has 0 bridgehead atoms. The zero-order chi connectivity index (χ0) is 21.2. The van der Waals surface area contributed by atoms with Crippen molar-refractivity contribution in [3.8, 4) is 11.4 Å². The minimum Gasteiger partial charge on any atom is -0.369 e. The van der Waals surface area contributed by atoms with E-state index >= 15 is 0 Å². The number of nitrogens with zero attached hydrogens (tertiary/aromatic N) is 3. The SMILES string of the molecule is Cc1ccccc1CC(C)CNc1nc(-c2ccncc2)nc2sc3c(c12)CCCC3. The van der Waals surface area contributed by atoms with E-state index in [2.05, 4.69) is 48.4 Å². The molecule has 0 fully saturated rings. The van der Waals surface area contributed by atoms with Crippen LogP contribution in [-0.4, -0.2) is 21.5 Å². The standard InChI is InChI=1S/C26H28N4S/c1-17(15-20-8-4-3-7-18(20)2)16-28-25-23-21-9-5-6-10-22(21)31-26(23)30-24(29-25)19-11-13-27-14-12-19/h3-4,7-8,11-14,17H,5-6,9-10,15-16H2,1-2H3,(H,28,29,30). The number of anilines is 1. The lowest BCUT2D eigenvalue weighted by atomic mass is 9.96. The number of aryl methyl sites for hydroxylation is 3. The van der Waals surface area contributed by atoms with Crippen molar-refractivity contribution in [1.82, 2.24) is 15.0 Å². The van der Waals surface area contributed by atoms with E-state index < -0.39 is 0 Å². The van der Waals surface area contributed by atoms with Gasteiger partial charge in [-0.05, 0) is 73.8 Å². The van der Waals surface area contributed by atoms with Crippen LogP contribution in [0.1, 0.15) is 41.3 Å². The first kappa shape index (κ1) is 20.1. The van der Waals surface area contributed by atoms with E-state index in [0.717, 1.165) is 41.4 Å². The molecule has 4 nitrogen and oxygen atoms in total. The number of pyridine rings is 1. The molecule has 3 aromatic heterocycles. The number of rotatable bonds is 6. The molecular weight excluding hydrogens is 400 g/mol. The van der Waals surface area contributed by atoms with Gasteiger partial charge in [-0.2, -0.15) is 0 Å². The average molecular weight is 429 g/mol. The molecule has 1 N–H and O–H groups in total. The Hall–Kier alpha value is -2.79. The third-order valence-electron chi connectivity index (χ3n) is 6.20. The summed E-state index contributed by atoms with van der Waals surface area (Å²) in [5.74, 6) is 2.28. The fourth-order valence-corrected chi connectivity index (χ4v) is 5.73. The summed E-state index contributed by atoms with van der Waals surface area (Å²) in [7, 11) is 0. The summed E-state index contributed by atoms with van der Waals surface area (Å²) < 4.78 is 0. The Labute approximate surface area is 187 Å². The van der Waals surface area contributed by atoms with Crippen LogP contribution in [0, 0.1) is 12.8 Å². The van der Waals surface area contributed by atoms with Crippen LogP contribution in [-0.2, 0) is 19.3 Å². The van der Waals surface area contributed by atoms with E-state index in [9.17, 15) is 0 Å². The Bertz CT molecular complexity index is 1200. The summed E-state index contributed by atoms with van der Waals surface area (Å²) in [4.78, 5) is 16.7. The van der Waals surface area contributed by atoms with Gasteiger partial charge in [-0.15, -0.1) is 11.3 Å². The lowest BCUT2D eigenvalue weighted by Crippen LogP contribution is -2.15. The molecule has 5 rings (SSSR count). The Morgan fingerprint density at radius 2 is 1.84 bits per heavy atom. The highest BCUT2D eigenvalue weighted by molar-refractivity contribution is 7.19. The minimum absolute atomic E-state index is 0.505. The van der Waals surface area contributed by atoms with Gasteiger partial charge in [0.15, 0.2) is 5.82 Å². The predicted molar refractivity (Wildman–Crippen MR) is 130 cm³/mol. The maximum Gasteiger partial charge on any atom is 0.163 e. The predicted octanol–water partition coefficient (Wildman–Crippen LogP) is 6.23. The molecule has 0 aliphatic heterocycles. The molecule has 0 saturated carbocycles. The number of thiophene rings is 1. The molecule has 4 aromatic rings. The van der Waals surface area contributed by atoms with E-state index in [4.69, 9.17) is 9.97 Å². The Morgan fingerprint density at radius 1 is 1.03 bits per heavy atom. The number of benzene rings is 1. The van der Waals surface area contributed by atoms with Gasteiger partial charge in [0.05, 0.1) is 5.39 Å². The zero-order valence-electron chi connectivity index (χ0n) is 18.2. The molecule has 0 spiro atoms. The van der Waals surface area contributed by atoms with E-state index in [1.807, 2.05) is 23.5 Å². The van der Waals surface area contributed by atoms with Crippen LogP contribution in [0.5, 0.6) is 0 Å². The molecule has 0 saturated heterocycles. The summed E-state index contributed by atoms with van der Waals surface area (Å²) in [5, 5.41) is 4.96. The largest absolute Gasteiger partial charge is 0.369 e. The van der Waals surface area contributed by atoms with Crippen LogP contribution in [0.25, 0.3) is 21.6 Å². The van der Waals surface area contributed by atoms with E-state index in [0.29, 0.717) is 5.92 Å². The zero-order valence-corrected chi connectivity index (χ0v) is 19.0. The van der Waals surface area contributed by atoms with Gasteiger partial charge in [-0.1, -0.05) is 31.2 Å². The monoisotopic (exact) mass is 428 g/mol. The molecule has 3 heterocycles. The molecular formula is C26H28N4S. The van der Waals surface area contributed by atoms with E-state index in [1.165, 1.54) is 46.2 Å². The fraction of sp³-hybridized carbons (Fsp3) is 0.346. The lowest BCUT2D eigenvalue weighted by molar-refractivity contribution is 0.609. The van der Waals surface area contributed by atoms with Crippen LogP contribution >= 0.6 is 11.3 Å². The van der Waals surface area contributed by atoms with Gasteiger partial charge in [-0.3, -0.25) is 4.98 Å². The van der Waals surface area contributed by atoms with Crippen molar-refractivity contribution in [2.24, 2.45) is 5.92 Å². The second-order valence-electron chi connectivity index (χ2n) is 8.64. The number of nitrogens with one attached hydrogen (secondary N) is 1. The number of aromatic nitrogens is 3.